The number of hydrogen-bond donors (Lipinski definition) is 1. The molecule has 0 saturated carbocycles. The van der Waals surface area contributed by atoms with Crippen molar-refractivity contribution in [3.8, 4) is 5.75 Å². The summed E-state index contributed by atoms with van der Waals surface area (Å²) in [5.41, 5.74) is -0.0180. The number of nitrogens with zero attached hydrogens (tertiary/aromatic N) is 1. The normalized spacial score (nSPS) is 28.2. The summed E-state index contributed by atoms with van der Waals surface area (Å²) in [6.45, 7) is 5.93. The number of hydrogen-bond acceptors (Lipinski definition) is 2. The molecule has 0 aromatic heterocycles. The number of ether oxygens (including phenoxy) is 1. The molecule has 0 radical (unpaired) electrons. The molecular formula is C14H15FN2O2. The smallest absolute Gasteiger partial charge is 0.321 e. The predicted molar refractivity (Wildman–Crippen MR) is 68.2 cm³/mol. The molecule has 1 aromatic rings. The molecule has 5 heteroatoms. The molecule has 2 amide bonds. The van der Waals surface area contributed by atoms with Crippen molar-refractivity contribution in [3.63, 3.8) is 0 Å². The number of halogens is 1. The summed E-state index contributed by atoms with van der Waals surface area (Å²) in [5, 5.41) is 2.88. The summed E-state index contributed by atoms with van der Waals surface area (Å²) < 4.78 is 19.2. The Morgan fingerprint density at radius 1 is 1.68 bits per heavy atom. The fourth-order valence-electron chi connectivity index (χ4n) is 2.79. The van der Waals surface area contributed by atoms with Gasteiger partial charge in [0.2, 0.25) is 0 Å². The molecule has 2 unspecified atom stereocenters. The fourth-order valence-corrected chi connectivity index (χ4v) is 2.79. The molecule has 0 spiro atoms. The highest BCUT2D eigenvalue weighted by molar-refractivity contribution is 5.77. The van der Waals surface area contributed by atoms with E-state index < -0.39 is 5.72 Å². The van der Waals surface area contributed by atoms with E-state index >= 15 is 0 Å². The minimum atomic E-state index is -0.716. The van der Waals surface area contributed by atoms with Gasteiger partial charge < -0.3 is 10.1 Å². The van der Waals surface area contributed by atoms with Crippen molar-refractivity contribution in [2.75, 3.05) is 6.54 Å². The zero-order valence-corrected chi connectivity index (χ0v) is 10.6. The minimum absolute atomic E-state index is 0.210. The van der Waals surface area contributed by atoms with Gasteiger partial charge in [0.25, 0.3) is 0 Å². The minimum Gasteiger partial charge on any atom is -0.468 e. The van der Waals surface area contributed by atoms with E-state index in [2.05, 4.69) is 11.9 Å². The maximum atomic E-state index is 13.3. The van der Waals surface area contributed by atoms with Gasteiger partial charge in [-0.15, -0.1) is 6.58 Å². The first-order chi connectivity index (χ1) is 9.03. The molecule has 2 aliphatic rings. The van der Waals surface area contributed by atoms with E-state index in [1.807, 2.05) is 6.92 Å². The molecule has 3 rings (SSSR count). The van der Waals surface area contributed by atoms with Crippen LogP contribution in [0.25, 0.3) is 0 Å². The Morgan fingerprint density at radius 2 is 2.47 bits per heavy atom. The Kier molecular flexibility index (Phi) is 2.52. The van der Waals surface area contributed by atoms with Crippen molar-refractivity contribution in [1.29, 1.82) is 0 Å². The number of carbonyl (C=O) groups is 1. The van der Waals surface area contributed by atoms with Crippen LogP contribution in [0.4, 0.5) is 9.18 Å². The van der Waals surface area contributed by atoms with Gasteiger partial charge >= 0.3 is 6.03 Å². The third-order valence-electron chi connectivity index (χ3n) is 3.69. The number of carbonyl (C=O) groups excluding carboxylic acids is 1. The SMILES string of the molecule is C=CCN1C(=O)NC2CC1(C)Oc1ccc(F)cc12. The van der Waals surface area contributed by atoms with E-state index in [4.69, 9.17) is 4.74 Å². The van der Waals surface area contributed by atoms with Gasteiger partial charge in [-0.1, -0.05) is 6.08 Å². The average Bonchev–Trinajstić information content (AvgIpc) is 2.35. The topological polar surface area (TPSA) is 41.6 Å². The second kappa shape index (κ2) is 3.98. The molecule has 2 aliphatic heterocycles. The lowest BCUT2D eigenvalue weighted by atomic mass is 9.90. The Balaban J connectivity index is 2.05. The molecule has 19 heavy (non-hydrogen) atoms. The highest BCUT2D eigenvalue weighted by Crippen LogP contribution is 2.43. The predicted octanol–water partition coefficient (Wildman–Crippen LogP) is 2.58. The first-order valence-corrected chi connectivity index (χ1v) is 6.21. The monoisotopic (exact) mass is 262 g/mol. The van der Waals surface area contributed by atoms with Crippen LogP contribution < -0.4 is 10.1 Å². The zero-order chi connectivity index (χ0) is 13.6. The second-order valence-corrected chi connectivity index (χ2v) is 5.06. The summed E-state index contributed by atoms with van der Waals surface area (Å²) in [6.07, 6.45) is 2.25. The van der Waals surface area contributed by atoms with Crippen LogP contribution in [-0.4, -0.2) is 23.2 Å². The molecule has 2 heterocycles. The summed E-state index contributed by atoms with van der Waals surface area (Å²) in [4.78, 5) is 13.7. The van der Waals surface area contributed by atoms with Gasteiger partial charge in [-0.2, -0.15) is 0 Å². The number of benzene rings is 1. The van der Waals surface area contributed by atoms with Gasteiger partial charge in [-0.3, -0.25) is 4.90 Å². The van der Waals surface area contributed by atoms with Crippen LogP contribution in [-0.2, 0) is 0 Å². The molecular weight excluding hydrogens is 247 g/mol. The quantitative estimate of drug-likeness (QED) is 0.832. The summed E-state index contributed by atoms with van der Waals surface area (Å²) in [7, 11) is 0. The van der Waals surface area contributed by atoms with Gasteiger partial charge in [0.15, 0.2) is 5.72 Å². The molecule has 2 atom stereocenters. The van der Waals surface area contributed by atoms with E-state index in [1.165, 1.54) is 12.1 Å². The largest absolute Gasteiger partial charge is 0.468 e. The second-order valence-electron chi connectivity index (χ2n) is 5.06. The number of fused-ring (bicyclic) bond motifs is 4. The van der Waals surface area contributed by atoms with E-state index in [9.17, 15) is 9.18 Å². The molecule has 0 aliphatic carbocycles. The summed E-state index contributed by atoms with van der Waals surface area (Å²) >= 11 is 0. The van der Waals surface area contributed by atoms with Crippen molar-refractivity contribution in [1.82, 2.24) is 10.2 Å². The Hall–Kier alpha value is -2.04. The van der Waals surface area contributed by atoms with Crippen LogP contribution in [0.5, 0.6) is 5.75 Å². The molecule has 1 saturated heterocycles. The zero-order valence-electron chi connectivity index (χ0n) is 10.6. The van der Waals surface area contributed by atoms with E-state index in [0.29, 0.717) is 24.3 Å². The first-order valence-electron chi connectivity index (χ1n) is 6.21. The maximum Gasteiger partial charge on any atom is 0.321 e. The lowest BCUT2D eigenvalue weighted by Crippen LogP contribution is -2.64. The average molecular weight is 262 g/mol. The molecule has 1 N–H and O–H groups in total. The van der Waals surface area contributed by atoms with Crippen LogP contribution in [0, 0.1) is 5.82 Å². The molecule has 2 bridgehead atoms. The number of rotatable bonds is 2. The standard InChI is InChI=1S/C14H15FN2O2/c1-3-6-17-13(18)16-11-8-14(17,2)19-12-5-4-9(15)7-10(11)12/h3-5,7,11H,1,6,8H2,2H3,(H,16,18). The Bertz CT molecular complexity index is 560. The van der Waals surface area contributed by atoms with Crippen molar-refractivity contribution >= 4 is 6.03 Å². The molecule has 4 nitrogen and oxygen atoms in total. The summed E-state index contributed by atoms with van der Waals surface area (Å²) in [6, 6.07) is 3.97. The highest BCUT2D eigenvalue weighted by Gasteiger charge is 2.48. The Labute approximate surface area is 110 Å². The van der Waals surface area contributed by atoms with Gasteiger partial charge in [-0.05, 0) is 25.1 Å². The third kappa shape index (κ3) is 1.77. The van der Waals surface area contributed by atoms with Crippen molar-refractivity contribution in [2.24, 2.45) is 0 Å². The van der Waals surface area contributed by atoms with Gasteiger partial charge in [0.1, 0.15) is 11.6 Å². The molecule has 100 valence electrons. The lowest BCUT2D eigenvalue weighted by molar-refractivity contribution is -0.0789. The van der Waals surface area contributed by atoms with E-state index in [0.717, 1.165) is 0 Å². The number of urea groups is 1. The molecule has 1 fully saturated rings. The highest BCUT2D eigenvalue weighted by atomic mass is 19.1. The van der Waals surface area contributed by atoms with Crippen LogP contribution in [0.15, 0.2) is 30.9 Å². The van der Waals surface area contributed by atoms with Crippen molar-refractivity contribution in [3.05, 3.63) is 42.2 Å². The van der Waals surface area contributed by atoms with Gasteiger partial charge in [-0.25, -0.2) is 9.18 Å². The summed E-state index contributed by atoms with van der Waals surface area (Å²) in [5.74, 6) is 0.294. The molecule has 1 aromatic carbocycles. The lowest BCUT2D eigenvalue weighted by Gasteiger charge is -2.50. The third-order valence-corrected chi connectivity index (χ3v) is 3.69. The van der Waals surface area contributed by atoms with Crippen LogP contribution in [0.2, 0.25) is 0 Å². The first kappa shape index (κ1) is 12.0. The van der Waals surface area contributed by atoms with Crippen LogP contribution in [0.3, 0.4) is 0 Å². The van der Waals surface area contributed by atoms with Crippen LogP contribution >= 0.6 is 0 Å². The maximum absolute atomic E-state index is 13.3. The fraction of sp³-hybridized carbons (Fsp3) is 0.357. The van der Waals surface area contributed by atoms with Crippen molar-refractivity contribution in [2.45, 2.75) is 25.1 Å². The van der Waals surface area contributed by atoms with E-state index in [-0.39, 0.29) is 17.9 Å². The van der Waals surface area contributed by atoms with Crippen LogP contribution in [0.1, 0.15) is 24.9 Å². The Morgan fingerprint density at radius 3 is 3.21 bits per heavy atom. The number of nitrogens with one attached hydrogen (secondary N) is 1. The number of amides is 2. The van der Waals surface area contributed by atoms with Gasteiger partial charge in [0.05, 0.1) is 6.04 Å². The van der Waals surface area contributed by atoms with Crippen molar-refractivity contribution < 1.29 is 13.9 Å². The van der Waals surface area contributed by atoms with E-state index in [1.54, 1.807) is 17.0 Å². The van der Waals surface area contributed by atoms with Gasteiger partial charge in [0, 0.05) is 18.5 Å².